The Labute approximate surface area is 105 Å². The van der Waals surface area contributed by atoms with Crippen LogP contribution in [0.2, 0.25) is 0 Å². The summed E-state index contributed by atoms with van der Waals surface area (Å²) in [5, 5.41) is 4.12. The van der Waals surface area contributed by atoms with Gasteiger partial charge in [0.25, 0.3) is 0 Å². The SMILES string of the molecule is NC(=S)c1nccnc1-n1cc(I)cn1. The highest BCUT2D eigenvalue weighted by molar-refractivity contribution is 14.1. The zero-order valence-electron chi connectivity index (χ0n) is 7.46. The lowest BCUT2D eigenvalue weighted by Crippen LogP contribution is -2.16. The minimum Gasteiger partial charge on any atom is -0.388 e. The first-order chi connectivity index (χ1) is 7.18. The maximum Gasteiger partial charge on any atom is 0.182 e. The molecular weight excluding hydrogens is 325 g/mol. The number of nitrogens with two attached hydrogens (primary N) is 1. The molecule has 76 valence electrons. The third kappa shape index (κ3) is 2.12. The van der Waals surface area contributed by atoms with Gasteiger partial charge < -0.3 is 5.73 Å². The molecule has 2 aromatic heterocycles. The molecule has 0 radical (unpaired) electrons. The molecule has 0 saturated carbocycles. The monoisotopic (exact) mass is 331 g/mol. The van der Waals surface area contributed by atoms with E-state index in [1.54, 1.807) is 23.3 Å². The van der Waals surface area contributed by atoms with Crippen molar-refractivity contribution in [2.75, 3.05) is 0 Å². The summed E-state index contributed by atoms with van der Waals surface area (Å²) in [6.07, 6.45) is 6.67. The van der Waals surface area contributed by atoms with Gasteiger partial charge in [-0.05, 0) is 22.6 Å². The molecule has 0 saturated heterocycles. The summed E-state index contributed by atoms with van der Waals surface area (Å²) in [6, 6.07) is 0. The molecule has 15 heavy (non-hydrogen) atoms. The van der Waals surface area contributed by atoms with Crippen LogP contribution in [-0.2, 0) is 0 Å². The second kappa shape index (κ2) is 4.19. The van der Waals surface area contributed by atoms with Crippen LogP contribution in [-0.4, -0.2) is 24.7 Å². The molecule has 0 aliphatic rings. The normalized spacial score (nSPS) is 10.2. The van der Waals surface area contributed by atoms with Crippen molar-refractivity contribution in [2.24, 2.45) is 5.73 Å². The lowest BCUT2D eigenvalue weighted by atomic mass is 10.4. The standard InChI is InChI=1S/C8H6IN5S/c9-5-3-13-14(4-5)8-6(7(10)15)11-1-2-12-8/h1-4H,(H2,10,15). The maximum absolute atomic E-state index is 5.54. The Hall–Kier alpha value is -1.09. The molecular formula is C8H6IN5S. The molecule has 2 heterocycles. The van der Waals surface area contributed by atoms with Crippen molar-refractivity contribution in [3.05, 3.63) is 34.1 Å². The van der Waals surface area contributed by atoms with Crippen molar-refractivity contribution in [1.29, 1.82) is 0 Å². The Morgan fingerprint density at radius 1 is 1.40 bits per heavy atom. The van der Waals surface area contributed by atoms with Gasteiger partial charge in [-0.1, -0.05) is 12.2 Å². The van der Waals surface area contributed by atoms with Crippen molar-refractivity contribution in [2.45, 2.75) is 0 Å². The molecule has 5 nitrogen and oxygen atoms in total. The smallest absolute Gasteiger partial charge is 0.182 e. The largest absolute Gasteiger partial charge is 0.388 e. The van der Waals surface area contributed by atoms with Gasteiger partial charge in [0, 0.05) is 18.6 Å². The fourth-order valence-corrected chi connectivity index (χ4v) is 1.62. The van der Waals surface area contributed by atoms with E-state index in [0.29, 0.717) is 11.5 Å². The zero-order chi connectivity index (χ0) is 10.8. The number of halogens is 1. The minimum atomic E-state index is 0.212. The zero-order valence-corrected chi connectivity index (χ0v) is 10.4. The molecule has 0 aromatic carbocycles. The van der Waals surface area contributed by atoms with Crippen LogP contribution in [0.25, 0.3) is 5.82 Å². The molecule has 0 aliphatic heterocycles. The fourth-order valence-electron chi connectivity index (χ4n) is 1.09. The van der Waals surface area contributed by atoms with Crippen LogP contribution in [0.5, 0.6) is 0 Å². The van der Waals surface area contributed by atoms with Crippen LogP contribution >= 0.6 is 34.8 Å². The average Bonchev–Trinajstić information content (AvgIpc) is 2.65. The van der Waals surface area contributed by atoms with Crippen molar-refractivity contribution in [3.63, 3.8) is 0 Å². The van der Waals surface area contributed by atoms with E-state index < -0.39 is 0 Å². The Balaban J connectivity index is 2.57. The molecule has 0 amide bonds. The predicted molar refractivity (Wildman–Crippen MR) is 67.8 cm³/mol. The van der Waals surface area contributed by atoms with E-state index in [1.807, 2.05) is 6.20 Å². The highest BCUT2D eigenvalue weighted by atomic mass is 127. The Kier molecular flexibility index (Phi) is 2.91. The molecule has 7 heteroatoms. The molecule has 0 atom stereocenters. The molecule has 0 spiro atoms. The van der Waals surface area contributed by atoms with Gasteiger partial charge in [-0.2, -0.15) is 5.10 Å². The first kappa shape index (κ1) is 10.4. The Bertz CT molecular complexity index is 509. The van der Waals surface area contributed by atoms with E-state index in [-0.39, 0.29) is 4.99 Å². The van der Waals surface area contributed by atoms with Crippen molar-refractivity contribution < 1.29 is 0 Å². The summed E-state index contributed by atoms with van der Waals surface area (Å²) in [5.41, 5.74) is 6.02. The van der Waals surface area contributed by atoms with E-state index in [2.05, 4.69) is 37.7 Å². The number of aromatic nitrogens is 4. The third-order valence-corrected chi connectivity index (χ3v) is 2.43. The number of nitrogens with zero attached hydrogens (tertiary/aromatic N) is 4. The van der Waals surface area contributed by atoms with Gasteiger partial charge in [-0.15, -0.1) is 0 Å². The summed E-state index contributed by atoms with van der Waals surface area (Å²) in [6.45, 7) is 0. The highest BCUT2D eigenvalue weighted by Gasteiger charge is 2.10. The second-order valence-corrected chi connectivity index (χ2v) is 4.38. The molecule has 0 bridgehead atoms. The van der Waals surface area contributed by atoms with Gasteiger partial charge >= 0.3 is 0 Å². The van der Waals surface area contributed by atoms with Gasteiger partial charge in [0.15, 0.2) is 5.82 Å². The average molecular weight is 331 g/mol. The van der Waals surface area contributed by atoms with E-state index in [0.717, 1.165) is 3.57 Å². The summed E-state index contributed by atoms with van der Waals surface area (Å²) in [7, 11) is 0. The van der Waals surface area contributed by atoms with Crippen LogP contribution in [0, 0.1) is 3.57 Å². The molecule has 2 N–H and O–H groups in total. The number of hydrogen-bond acceptors (Lipinski definition) is 4. The van der Waals surface area contributed by atoms with E-state index in [9.17, 15) is 0 Å². The molecule has 2 aromatic rings. The summed E-state index contributed by atoms with van der Waals surface area (Å²) < 4.78 is 2.61. The Morgan fingerprint density at radius 3 is 2.73 bits per heavy atom. The maximum atomic E-state index is 5.54. The second-order valence-electron chi connectivity index (χ2n) is 2.70. The summed E-state index contributed by atoms with van der Waals surface area (Å²) >= 11 is 7.05. The van der Waals surface area contributed by atoms with Crippen molar-refractivity contribution in [1.82, 2.24) is 19.7 Å². The molecule has 2 rings (SSSR count). The molecule has 0 aliphatic carbocycles. The van der Waals surface area contributed by atoms with Crippen LogP contribution in [0.4, 0.5) is 0 Å². The lowest BCUT2D eigenvalue weighted by molar-refractivity contribution is 0.834. The van der Waals surface area contributed by atoms with Crippen LogP contribution < -0.4 is 5.73 Å². The van der Waals surface area contributed by atoms with Gasteiger partial charge in [-0.25, -0.2) is 14.6 Å². The number of hydrogen-bond donors (Lipinski definition) is 1. The lowest BCUT2D eigenvalue weighted by Gasteiger charge is -2.04. The van der Waals surface area contributed by atoms with Crippen molar-refractivity contribution >= 4 is 39.8 Å². The highest BCUT2D eigenvalue weighted by Crippen LogP contribution is 2.10. The first-order valence-corrected chi connectivity index (χ1v) is 5.48. The Morgan fingerprint density at radius 2 is 2.13 bits per heavy atom. The summed E-state index contributed by atoms with van der Waals surface area (Å²) in [5.74, 6) is 0.549. The van der Waals surface area contributed by atoms with Crippen LogP contribution in [0.3, 0.4) is 0 Å². The van der Waals surface area contributed by atoms with Gasteiger partial charge in [-0.3, -0.25) is 0 Å². The first-order valence-electron chi connectivity index (χ1n) is 4.00. The van der Waals surface area contributed by atoms with Crippen molar-refractivity contribution in [3.8, 4) is 5.82 Å². The van der Waals surface area contributed by atoms with Gasteiger partial charge in [0.05, 0.1) is 9.77 Å². The molecule has 0 fully saturated rings. The molecule has 0 unspecified atom stereocenters. The summed E-state index contributed by atoms with van der Waals surface area (Å²) in [4.78, 5) is 8.43. The van der Waals surface area contributed by atoms with E-state index in [4.69, 9.17) is 18.0 Å². The van der Waals surface area contributed by atoms with Gasteiger partial charge in [0.1, 0.15) is 10.7 Å². The fraction of sp³-hybridized carbons (Fsp3) is 0. The van der Waals surface area contributed by atoms with Gasteiger partial charge in [0.2, 0.25) is 0 Å². The van der Waals surface area contributed by atoms with E-state index >= 15 is 0 Å². The van der Waals surface area contributed by atoms with E-state index in [1.165, 1.54) is 0 Å². The third-order valence-electron chi connectivity index (χ3n) is 1.68. The minimum absolute atomic E-state index is 0.212. The predicted octanol–water partition coefficient (Wildman–Crippen LogP) is 0.901. The quantitative estimate of drug-likeness (QED) is 0.654. The van der Waals surface area contributed by atoms with Crippen LogP contribution in [0.15, 0.2) is 24.8 Å². The topological polar surface area (TPSA) is 69.6 Å². The number of thiocarbonyl (C=S) groups is 1. The van der Waals surface area contributed by atoms with Crippen LogP contribution in [0.1, 0.15) is 5.69 Å². The number of rotatable bonds is 2.